The van der Waals surface area contributed by atoms with Crippen LogP contribution in [-0.4, -0.2) is 20.9 Å². The monoisotopic (exact) mass is 348 g/mol. The highest BCUT2D eigenvalue weighted by molar-refractivity contribution is 7.18. The van der Waals surface area contributed by atoms with Crippen molar-refractivity contribution >= 4 is 44.7 Å². The standard InChI is InChI=1S/C15H16N4O2S2/c1-6-8(3)22-14-11(6)13(16)18-10(19-14)5-21-15(20)12-7(2)17-9(4)23-12/h5H2,1-4H3,(H2,16,18,19). The Morgan fingerprint density at radius 2 is 1.87 bits per heavy atom. The lowest BCUT2D eigenvalue weighted by atomic mass is 10.2. The summed E-state index contributed by atoms with van der Waals surface area (Å²) in [5.41, 5.74) is 7.80. The summed E-state index contributed by atoms with van der Waals surface area (Å²) in [6.07, 6.45) is 0. The number of thiazole rings is 1. The Morgan fingerprint density at radius 3 is 2.52 bits per heavy atom. The minimum atomic E-state index is -0.408. The molecule has 3 aromatic heterocycles. The summed E-state index contributed by atoms with van der Waals surface area (Å²) in [6.45, 7) is 7.66. The highest BCUT2D eigenvalue weighted by Crippen LogP contribution is 2.32. The first-order valence-corrected chi connectivity index (χ1v) is 8.63. The first-order chi connectivity index (χ1) is 10.9. The largest absolute Gasteiger partial charge is 0.453 e. The fourth-order valence-corrected chi connectivity index (χ4v) is 4.18. The van der Waals surface area contributed by atoms with Crippen LogP contribution in [0.2, 0.25) is 0 Å². The number of aromatic nitrogens is 3. The summed E-state index contributed by atoms with van der Waals surface area (Å²) >= 11 is 2.88. The number of aryl methyl sites for hydroxylation is 4. The van der Waals surface area contributed by atoms with E-state index in [2.05, 4.69) is 15.0 Å². The molecule has 0 bridgehead atoms. The van der Waals surface area contributed by atoms with E-state index in [0.717, 1.165) is 25.7 Å². The Hall–Kier alpha value is -2.06. The quantitative estimate of drug-likeness (QED) is 0.730. The van der Waals surface area contributed by atoms with Crippen LogP contribution in [0.25, 0.3) is 10.2 Å². The first kappa shape index (κ1) is 15.8. The molecular weight excluding hydrogens is 332 g/mol. The maximum atomic E-state index is 12.1. The van der Waals surface area contributed by atoms with Crippen molar-refractivity contribution in [3.8, 4) is 0 Å². The smallest absolute Gasteiger partial charge is 0.350 e. The van der Waals surface area contributed by atoms with Crippen LogP contribution in [0.3, 0.4) is 0 Å². The number of nitrogens with zero attached hydrogens (tertiary/aromatic N) is 3. The Balaban J connectivity index is 1.82. The fraction of sp³-hybridized carbons (Fsp3) is 0.333. The number of rotatable bonds is 3. The minimum absolute atomic E-state index is 0.00858. The van der Waals surface area contributed by atoms with E-state index in [-0.39, 0.29) is 6.61 Å². The molecule has 0 aliphatic rings. The Kier molecular flexibility index (Phi) is 4.03. The van der Waals surface area contributed by atoms with Gasteiger partial charge in [-0.15, -0.1) is 22.7 Å². The van der Waals surface area contributed by atoms with Crippen LogP contribution in [0, 0.1) is 27.7 Å². The molecule has 3 aromatic rings. The van der Waals surface area contributed by atoms with Gasteiger partial charge in [-0.3, -0.25) is 0 Å². The van der Waals surface area contributed by atoms with Crippen LogP contribution in [0.15, 0.2) is 0 Å². The number of carbonyl (C=O) groups excluding carboxylic acids is 1. The topological polar surface area (TPSA) is 91.0 Å². The van der Waals surface area contributed by atoms with E-state index >= 15 is 0 Å². The minimum Gasteiger partial charge on any atom is -0.453 e. The van der Waals surface area contributed by atoms with Crippen LogP contribution in [0.1, 0.15) is 36.6 Å². The third kappa shape index (κ3) is 2.91. The van der Waals surface area contributed by atoms with Gasteiger partial charge in [-0.05, 0) is 33.3 Å². The molecule has 6 nitrogen and oxygen atoms in total. The molecule has 0 aliphatic carbocycles. The molecule has 0 saturated heterocycles. The van der Waals surface area contributed by atoms with Gasteiger partial charge in [0.15, 0.2) is 12.4 Å². The van der Waals surface area contributed by atoms with Gasteiger partial charge in [0.2, 0.25) is 0 Å². The van der Waals surface area contributed by atoms with Gasteiger partial charge < -0.3 is 10.5 Å². The third-order valence-corrected chi connectivity index (χ3v) is 5.68. The molecule has 0 fully saturated rings. The summed E-state index contributed by atoms with van der Waals surface area (Å²) in [4.78, 5) is 27.5. The second-order valence-corrected chi connectivity index (χ2v) is 7.62. The average molecular weight is 348 g/mol. The van der Waals surface area contributed by atoms with Gasteiger partial charge in [-0.25, -0.2) is 19.7 Å². The molecule has 0 aliphatic heterocycles. The van der Waals surface area contributed by atoms with Crippen molar-refractivity contribution in [2.24, 2.45) is 0 Å². The molecule has 120 valence electrons. The third-order valence-electron chi connectivity index (χ3n) is 3.52. The highest BCUT2D eigenvalue weighted by atomic mass is 32.1. The van der Waals surface area contributed by atoms with Crippen LogP contribution >= 0.6 is 22.7 Å². The first-order valence-electron chi connectivity index (χ1n) is 7.00. The number of hydrogen-bond acceptors (Lipinski definition) is 8. The molecule has 2 N–H and O–H groups in total. The number of fused-ring (bicyclic) bond motifs is 1. The van der Waals surface area contributed by atoms with Gasteiger partial charge >= 0.3 is 5.97 Å². The van der Waals surface area contributed by atoms with Crippen LogP contribution in [0.5, 0.6) is 0 Å². The van der Waals surface area contributed by atoms with Gasteiger partial charge in [0, 0.05) is 4.88 Å². The number of nitrogen functional groups attached to an aromatic ring is 1. The second-order valence-electron chi connectivity index (χ2n) is 5.21. The fourth-order valence-electron chi connectivity index (χ4n) is 2.31. The summed E-state index contributed by atoms with van der Waals surface area (Å²) in [7, 11) is 0. The van der Waals surface area contributed by atoms with E-state index < -0.39 is 5.97 Å². The summed E-state index contributed by atoms with van der Waals surface area (Å²) in [5, 5.41) is 1.72. The predicted octanol–water partition coefficient (Wildman–Crippen LogP) is 3.32. The molecule has 0 amide bonds. The molecule has 3 heterocycles. The molecule has 0 aromatic carbocycles. The zero-order chi connectivity index (χ0) is 16.7. The summed E-state index contributed by atoms with van der Waals surface area (Å²) in [6, 6.07) is 0. The van der Waals surface area contributed by atoms with Crippen molar-refractivity contribution in [1.82, 2.24) is 15.0 Å². The Labute approximate surface area is 141 Å². The van der Waals surface area contributed by atoms with E-state index in [4.69, 9.17) is 10.5 Å². The van der Waals surface area contributed by atoms with Crippen molar-refractivity contribution in [2.75, 3.05) is 5.73 Å². The maximum Gasteiger partial charge on any atom is 0.350 e. The molecule has 0 unspecified atom stereocenters. The van der Waals surface area contributed by atoms with E-state index in [0.29, 0.717) is 22.2 Å². The lowest BCUT2D eigenvalue weighted by Gasteiger charge is -2.05. The molecular formula is C15H16N4O2S2. The van der Waals surface area contributed by atoms with Crippen LogP contribution in [0.4, 0.5) is 5.82 Å². The molecule has 3 rings (SSSR count). The SMILES string of the molecule is Cc1nc(C)c(C(=O)OCc2nc(N)c3c(C)c(C)sc3n2)s1. The number of anilines is 1. The normalized spacial score (nSPS) is 11.1. The number of thiophene rings is 1. The predicted molar refractivity (Wildman–Crippen MR) is 92.0 cm³/mol. The van der Waals surface area contributed by atoms with Crippen molar-refractivity contribution < 1.29 is 9.53 Å². The summed E-state index contributed by atoms with van der Waals surface area (Å²) < 4.78 is 5.30. The van der Waals surface area contributed by atoms with Gasteiger partial charge in [0.05, 0.1) is 16.1 Å². The Morgan fingerprint density at radius 1 is 1.13 bits per heavy atom. The second kappa shape index (κ2) is 5.86. The molecule has 0 saturated carbocycles. The number of esters is 1. The van der Waals surface area contributed by atoms with Gasteiger partial charge in [-0.1, -0.05) is 0 Å². The van der Waals surface area contributed by atoms with Gasteiger partial charge in [0.1, 0.15) is 15.5 Å². The number of ether oxygens (including phenoxy) is 1. The molecule has 0 spiro atoms. The maximum absolute atomic E-state index is 12.1. The summed E-state index contributed by atoms with van der Waals surface area (Å²) in [5.74, 6) is 0.421. The lowest BCUT2D eigenvalue weighted by Crippen LogP contribution is -2.08. The number of hydrogen-bond donors (Lipinski definition) is 1. The van der Waals surface area contributed by atoms with E-state index in [1.165, 1.54) is 11.3 Å². The van der Waals surface area contributed by atoms with E-state index in [1.807, 2.05) is 20.8 Å². The van der Waals surface area contributed by atoms with E-state index in [9.17, 15) is 4.79 Å². The van der Waals surface area contributed by atoms with Crippen LogP contribution < -0.4 is 5.73 Å². The van der Waals surface area contributed by atoms with Crippen LogP contribution in [-0.2, 0) is 11.3 Å². The zero-order valence-electron chi connectivity index (χ0n) is 13.3. The van der Waals surface area contributed by atoms with Crippen molar-refractivity contribution in [1.29, 1.82) is 0 Å². The molecule has 0 atom stereocenters. The average Bonchev–Trinajstić information content (AvgIpc) is 2.96. The van der Waals surface area contributed by atoms with Gasteiger partial charge in [-0.2, -0.15) is 0 Å². The molecule has 0 radical (unpaired) electrons. The van der Waals surface area contributed by atoms with Crippen molar-refractivity contribution in [3.05, 3.63) is 31.8 Å². The number of nitrogens with two attached hydrogens (primary N) is 1. The highest BCUT2D eigenvalue weighted by Gasteiger charge is 2.17. The van der Waals surface area contributed by atoms with Gasteiger partial charge in [0.25, 0.3) is 0 Å². The molecule has 8 heteroatoms. The number of carbonyl (C=O) groups is 1. The lowest BCUT2D eigenvalue weighted by molar-refractivity contribution is 0.0467. The van der Waals surface area contributed by atoms with Crippen molar-refractivity contribution in [3.63, 3.8) is 0 Å². The zero-order valence-corrected chi connectivity index (χ0v) is 14.9. The Bertz CT molecular complexity index is 914. The van der Waals surface area contributed by atoms with Crippen molar-refractivity contribution in [2.45, 2.75) is 34.3 Å². The van der Waals surface area contributed by atoms with E-state index in [1.54, 1.807) is 18.3 Å². The molecule has 23 heavy (non-hydrogen) atoms.